The minimum Gasteiger partial charge on any atom is -0.495 e. The summed E-state index contributed by atoms with van der Waals surface area (Å²) in [5.41, 5.74) is 5.46. The predicted molar refractivity (Wildman–Crippen MR) is 84.5 cm³/mol. The number of nitrogens with one attached hydrogen (secondary N) is 1. The van der Waals surface area contributed by atoms with Crippen molar-refractivity contribution in [3.8, 4) is 11.4 Å². The Labute approximate surface area is 122 Å². The molecule has 0 radical (unpaired) electrons. The number of imidazole rings is 1. The predicted octanol–water partition coefficient (Wildman–Crippen LogP) is 4.31. The molecule has 0 amide bonds. The van der Waals surface area contributed by atoms with E-state index in [1.165, 1.54) is 11.1 Å². The second-order valence-electron chi connectivity index (χ2n) is 4.91. The van der Waals surface area contributed by atoms with E-state index in [4.69, 9.17) is 17.0 Å². The van der Waals surface area contributed by atoms with Crippen molar-refractivity contribution in [1.29, 1.82) is 0 Å². The SMILES string of the molecule is COc1ccc(C)cc1-n1c(=S)[nH]c2cccc(C)c21. The maximum atomic E-state index is 5.50. The van der Waals surface area contributed by atoms with Gasteiger partial charge in [-0.1, -0.05) is 18.2 Å². The van der Waals surface area contributed by atoms with Crippen molar-refractivity contribution in [3.63, 3.8) is 0 Å². The minimum atomic E-state index is 0.679. The minimum absolute atomic E-state index is 0.679. The molecular weight excluding hydrogens is 268 g/mol. The molecule has 0 bridgehead atoms. The molecule has 2 aromatic carbocycles. The number of benzene rings is 2. The zero-order valence-electron chi connectivity index (χ0n) is 11.7. The highest BCUT2D eigenvalue weighted by Crippen LogP contribution is 2.29. The lowest BCUT2D eigenvalue weighted by molar-refractivity contribution is 0.413. The van der Waals surface area contributed by atoms with Gasteiger partial charge in [0.1, 0.15) is 5.75 Å². The van der Waals surface area contributed by atoms with E-state index in [0.717, 1.165) is 22.5 Å². The average molecular weight is 284 g/mol. The van der Waals surface area contributed by atoms with Crippen molar-refractivity contribution in [2.75, 3.05) is 7.11 Å². The number of aromatic amines is 1. The van der Waals surface area contributed by atoms with Gasteiger partial charge in [0, 0.05) is 0 Å². The Morgan fingerprint density at radius 3 is 2.70 bits per heavy atom. The van der Waals surface area contributed by atoms with Gasteiger partial charge >= 0.3 is 0 Å². The zero-order chi connectivity index (χ0) is 14.3. The fourth-order valence-electron chi connectivity index (χ4n) is 2.53. The van der Waals surface area contributed by atoms with Crippen LogP contribution in [0.5, 0.6) is 5.75 Å². The molecule has 3 rings (SSSR count). The van der Waals surface area contributed by atoms with Crippen LogP contribution in [0.25, 0.3) is 16.7 Å². The Kier molecular flexibility index (Phi) is 3.10. The van der Waals surface area contributed by atoms with E-state index < -0.39 is 0 Å². The number of para-hydroxylation sites is 1. The molecule has 0 saturated heterocycles. The number of fused-ring (bicyclic) bond motifs is 1. The van der Waals surface area contributed by atoms with Crippen LogP contribution in [0.2, 0.25) is 0 Å². The Bertz CT molecular complexity index is 845. The summed E-state index contributed by atoms with van der Waals surface area (Å²) >= 11 is 5.50. The molecule has 3 aromatic rings. The van der Waals surface area contributed by atoms with Gasteiger partial charge in [-0.05, 0) is 55.4 Å². The number of aryl methyl sites for hydroxylation is 2. The van der Waals surface area contributed by atoms with E-state index >= 15 is 0 Å². The number of hydrogen-bond acceptors (Lipinski definition) is 2. The van der Waals surface area contributed by atoms with E-state index in [9.17, 15) is 0 Å². The number of H-pyrrole nitrogens is 1. The van der Waals surface area contributed by atoms with Crippen molar-refractivity contribution in [1.82, 2.24) is 9.55 Å². The van der Waals surface area contributed by atoms with Gasteiger partial charge in [0.05, 0.1) is 23.8 Å². The monoisotopic (exact) mass is 284 g/mol. The van der Waals surface area contributed by atoms with Crippen LogP contribution in [0.1, 0.15) is 11.1 Å². The highest BCUT2D eigenvalue weighted by molar-refractivity contribution is 7.71. The van der Waals surface area contributed by atoms with Crippen molar-refractivity contribution in [3.05, 3.63) is 52.3 Å². The van der Waals surface area contributed by atoms with Crippen LogP contribution in [-0.4, -0.2) is 16.7 Å². The second-order valence-corrected chi connectivity index (χ2v) is 5.30. The molecule has 102 valence electrons. The van der Waals surface area contributed by atoms with E-state index in [0.29, 0.717) is 4.77 Å². The average Bonchev–Trinajstić information content (AvgIpc) is 2.76. The normalized spacial score (nSPS) is 10.9. The Morgan fingerprint density at radius 1 is 1.15 bits per heavy atom. The third kappa shape index (κ3) is 1.93. The Morgan fingerprint density at radius 2 is 1.95 bits per heavy atom. The fourth-order valence-corrected chi connectivity index (χ4v) is 2.83. The number of aromatic nitrogens is 2. The number of ether oxygens (including phenoxy) is 1. The zero-order valence-corrected chi connectivity index (χ0v) is 12.5. The van der Waals surface area contributed by atoms with Gasteiger partial charge in [0.25, 0.3) is 0 Å². The maximum Gasteiger partial charge on any atom is 0.182 e. The smallest absolute Gasteiger partial charge is 0.182 e. The third-order valence-corrected chi connectivity index (χ3v) is 3.77. The summed E-state index contributed by atoms with van der Waals surface area (Å²) < 4.78 is 8.21. The first-order valence-electron chi connectivity index (χ1n) is 6.47. The van der Waals surface area contributed by atoms with E-state index in [-0.39, 0.29) is 0 Å². The highest BCUT2D eigenvalue weighted by atomic mass is 32.1. The quantitative estimate of drug-likeness (QED) is 0.710. The number of methoxy groups -OCH3 is 1. The molecule has 0 aliphatic rings. The second kappa shape index (κ2) is 4.80. The van der Waals surface area contributed by atoms with Gasteiger partial charge in [-0.3, -0.25) is 4.57 Å². The molecule has 0 aliphatic carbocycles. The van der Waals surface area contributed by atoms with Crippen molar-refractivity contribution < 1.29 is 4.74 Å². The van der Waals surface area contributed by atoms with Crippen molar-refractivity contribution in [2.24, 2.45) is 0 Å². The highest BCUT2D eigenvalue weighted by Gasteiger charge is 2.12. The van der Waals surface area contributed by atoms with Gasteiger partial charge in [-0.2, -0.15) is 0 Å². The van der Waals surface area contributed by atoms with Crippen LogP contribution in [0.4, 0.5) is 0 Å². The molecule has 0 atom stereocenters. The van der Waals surface area contributed by atoms with Crippen LogP contribution < -0.4 is 4.74 Å². The molecule has 3 nitrogen and oxygen atoms in total. The molecule has 1 heterocycles. The maximum absolute atomic E-state index is 5.50. The third-order valence-electron chi connectivity index (χ3n) is 3.48. The van der Waals surface area contributed by atoms with E-state index in [1.54, 1.807) is 7.11 Å². The van der Waals surface area contributed by atoms with E-state index in [1.807, 2.05) is 28.8 Å². The van der Waals surface area contributed by atoms with Gasteiger partial charge in [-0.15, -0.1) is 0 Å². The molecule has 0 spiro atoms. The molecular formula is C16H16N2OS. The molecule has 4 heteroatoms. The molecule has 0 unspecified atom stereocenters. The first-order valence-corrected chi connectivity index (χ1v) is 6.88. The fraction of sp³-hybridized carbons (Fsp3) is 0.188. The van der Waals surface area contributed by atoms with Gasteiger partial charge in [0.2, 0.25) is 0 Å². The van der Waals surface area contributed by atoms with Crippen molar-refractivity contribution in [2.45, 2.75) is 13.8 Å². The summed E-state index contributed by atoms with van der Waals surface area (Å²) in [6.45, 7) is 4.15. The van der Waals surface area contributed by atoms with Crippen LogP contribution in [0.15, 0.2) is 36.4 Å². The summed E-state index contributed by atoms with van der Waals surface area (Å²) in [4.78, 5) is 3.26. The molecule has 0 aliphatic heterocycles. The molecule has 1 aromatic heterocycles. The van der Waals surface area contributed by atoms with Crippen LogP contribution in [0.3, 0.4) is 0 Å². The molecule has 20 heavy (non-hydrogen) atoms. The number of rotatable bonds is 2. The molecule has 0 saturated carbocycles. The van der Waals surface area contributed by atoms with E-state index in [2.05, 4.69) is 31.0 Å². The standard InChI is InChI=1S/C16H16N2OS/c1-10-7-8-14(19-3)13(9-10)18-15-11(2)5-4-6-12(15)17-16(18)20/h4-9H,1-3H3,(H,17,20). The molecule has 1 N–H and O–H groups in total. The summed E-state index contributed by atoms with van der Waals surface area (Å²) in [5.74, 6) is 0.816. The first-order chi connectivity index (χ1) is 9.61. The summed E-state index contributed by atoms with van der Waals surface area (Å²) in [7, 11) is 1.68. The van der Waals surface area contributed by atoms with Crippen LogP contribution >= 0.6 is 12.2 Å². The van der Waals surface area contributed by atoms with Gasteiger partial charge in [-0.25, -0.2) is 0 Å². The first kappa shape index (κ1) is 12.9. The molecule has 0 fully saturated rings. The lowest BCUT2D eigenvalue weighted by atomic mass is 10.1. The summed E-state index contributed by atoms with van der Waals surface area (Å²) in [6.07, 6.45) is 0. The summed E-state index contributed by atoms with van der Waals surface area (Å²) in [6, 6.07) is 12.3. The largest absolute Gasteiger partial charge is 0.495 e. The van der Waals surface area contributed by atoms with Gasteiger partial charge < -0.3 is 9.72 Å². The number of hydrogen-bond donors (Lipinski definition) is 1. The van der Waals surface area contributed by atoms with Crippen LogP contribution in [-0.2, 0) is 0 Å². The lowest BCUT2D eigenvalue weighted by Gasteiger charge is -2.12. The van der Waals surface area contributed by atoms with Gasteiger partial charge in [0.15, 0.2) is 4.77 Å². The summed E-state index contributed by atoms with van der Waals surface area (Å²) in [5, 5.41) is 0. The van der Waals surface area contributed by atoms with Crippen LogP contribution in [0, 0.1) is 18.6 Å². The Hall–Kier alpha value is -2.07. The lowest BCUT2D eigenvalue weighted by Crippen LogP contribution is -1.99. The number of nitrogens with zero attached hydrogens (tertiary/aromatic N) is 1. The topological polar surface area (TPSA) is 29.9 Å². The van der Waals surface area contributed by atoms with Crippen molar-refractivity contribution >= 4 is 23.3 Å². The Balaban J connectivity index is 2.44.